The lowest BCUT2D eigenvalue weighted by Crippen LogP contribution is -2.03. The molecule has 0 aliphatic rings. The van der Waals surface area contributed by atoms with Crippen molar-refractivity contribution in [3.63, 3.8) is 0 Å². The highest BCUT2D eigenvalue weighted by Crippen LogP contribution is 2.30. The minimum Gasteiger partial charge on any atom is -0.497 e. The maximum Gasteiger partial charge on any atom is 0.130 e. The molecule has 0 radical (unpaired) electrons. The number of ether oxygens (including phenoxy) is 1. The molecular weight excluding hydrogens is 359 g/mol. The first-order valence-electron chi connectivity index (χ1n) is 6.46. The van der Waals surface area contributed by atoms with Gasteiger partial charge in [-0.3, -0.25) is 0 Å². The molecule has 0 aromatic heterocycles. The van der Waals surface area contributed by atoms with Gasteiger partial charge in [0.25, 0.3) is 0 Å². The van der Waals surface area contributed by atoms with Crippen LogP contribution in [-0.2, 0) is 6.42 Å². The molecular formula is C16H15BrClFO2. The number of aliphatic hydroxyl groups is 1. The highest BCUT2D eigenvalue weighted by atomic mass is 79.9. The van der Waals surface area contributed by atoms with Gasteiger partial charge >= 0.3 is 0 Å². The molecule has 0 saturated heterocycles. The predicted octanol–water partition coefficient (Wildman–Crippen LogP) is 4.92. The summed E-state index contributed by atoms with van der Waals surface area (Å²) in [7, 11) is 1.61. The van der Waals surface area contributed by atoms with Gasteiger partial charge in [0, 0.05) is 10.0 Å². The Morgan fingerprint density at radius 1 is 1.29 bits per heavy atom. The van der Waals surface area contributed by atoms with Crippen LogP contribution in [0, 0.1) is 5.82 Å². The summed E-state index contributed by atoms with van der Waals surface area (Å²) in [4.78, 5) is 0. The maximum absolute atomic E-state index is 13.8. The van der Waals surface area contributed by atoms with Crippen LogP contribution in [0.4, 0.5) is 4.39 Å². The van der Waals surface area contributed by atoms with Gasteiger partial charge in [0.15, 0.2) is 0 Å². The Hall–Kier alpha value is -1.10. The zero-order chi connectivity index (χ0) is 15.4. The van der Waals surface area contributed by atoms with E-state index in [0.29, 0.717) is 22.3 Å². The van der Waals surface area contributed by atoms with Crippen LogP contribution in [0.1, 0.15) is 23.7 Å². The normalized spacial score (nSPS) is 12.2. The highest BCUT2D eigenvalue weighted by molar-refractivity contribution is 9.10. The third-order valence-corrected chi connectivity index (χ3v) is 4.46. The number of rotatable bonds is 5. The molecule has 2 aromatic rings. The van der Waals surface area contributed by atoms with E-state index in [2.05, 4.69) is 15.9 Å². The van der Waals surface area contributed by atoms with Gasteiger partial charge in [-0.2, -0.15) is 0 Å². The molecule has 21 heavy (non-hydrogen) atoms. The van der Waals surface area contributed by atoms with E-state index < -0.39 is 11.9 Å². The summed E-state index contributed by atoms with van der Waals surface area (Å²) in [5, 5.41) is 10.5. The molecule has 0 amide bonds. The summed E-state index contributed by atoms with van der Waals surface area (Å²) >= 11 is 9.10. The summed E-state index contributed by atoms with van der Waals surface area (Å²) in [6.07, 6.45) is 0.164. The summed E-state index contributed by atoms with van der Waals surface area (Å²) in [6.45, 7) is 0. The van der Waals surface area contributed by atoms with Crippen molar-refractivity contribution in [2.24, 2.45) is 0 Å². The highest BCUT2D eigenvalue weighted by Gasteiger charge is 2.15. The molecule has 0 saturated carbocycles. The van der Waals surface area contributed by atoms with E-state index in [4.69, 9.17) is 16.3 Å². The Morgan fingerprint density at radius 3 is 2.57 bits per heavy atom. The standard InChI is InChI=1S/C16H15BrClFO2/c1-21-11-5-2-10(3-6-11)4-7-16(20)12-8-14(18)13(17)9-15(12)19/h2-3,5-6,8-9,16,20H,4,7H2,1H3. The number of methoxy groups -OCH3 is 1. The fourth-order valence-corrected chi connectivity index (χ4v) is 2.53. The van der Waals surface area contributed by atoms with Crippen LogP contribution < -0.4 is 4.74 Å². The third-order valence-electron chi connectivity index (χ3n) is 3.26. The number of halogens is 3. The van der Waals surface area contributed by atoms with E-state index in [1.807, 2.05) is 24.3 Å². The Morgan fingerprint density at radius 2 is 1.95 bits per heavy atom. The van der Waals surface area contributed by atoms with Crippen LogP contribution in [0.15, 0.2) is 40.9 Å². The van der Waals surface area contributed by atoms with Crippen molar-refractivity contribution in [1.29, 1.82) is 0 Å². The molecule has 2 aromatic carbocycles. The van der Waals surface area contributed by atoms with Gasteiger partial charge in [0.1, 0.15) is 11.6 Å². The first-order chi connectivity index (χ1) is 10.0. The summed E-state index contributed by atoms with van der Waals surface area (Å²) in [5.74, 6) is 0.318. The third kappa shape index (κ3) is 4.19. The molecule has 1 N–H and O–H groups in total. The lowest BCUT2D eigenvalue weighted by atomic mass is 10.0. The van der Waals surface area contributed by atoms with Gasteiger partial charge in [-0.05, 0) is 58.6 Å². The number of aryl methyl sites for hydroxylation is 1. The number of aliphatic hydroxyl groups excluding tert-OH is 1. The average Bonchev–Trinajstić information content (AvgIpc) is 2.49. The molecule has 1 atom stereocenters. The Kier molecular flexibility index (Phi) is 5.62. The number of hydrogen-bond donors (Lipinski definition) is 1. The quantitative estimate of drug-likeness (QED) is 0.754. The minimum atomic E-state index is -0.891. The molecule has 0 fully saturated rings. The van der Waals surface area contributed by atoms with Crippen LogP contribution in [0.3, 0.4) is 0 Å². The minimum absolute atomic E-state index is 0.219. The second-order valence-corrected chi connectivity index (χ2v) is 5.95. The van der Waals surface area contributed by atoms with Gasteiger partial charge in [-0.25, -0.2) is 4.39 Å². The molecule has 0 heterocycles. The molecule has 5 heteroatoms. The maximum atomic E-state index is 13.8. The lowest BCUT2D eigenvalue weighted by molar-refractivity contribution is 0.163. The lowest BCUT2D eigenvalue weighted by Gasteiger charge is -2.13. The topological polar surface area (TPSA) is 29.5 Å². The predicted molar refractivity (Wildman–Crippen MR) is 85.4 cm³/mol. The van der Waals surface area contributed by atoms with Gasteiger partial charge in [0.2, 0.25) is 0 Å². The van der Waals surface area contributed by atoms with Crippen molar-refractivity contribution in [2.75, 3.05) is 7.11 Å². The van der Waals surface area contributed by atoms with E-state index in [0.717, 1.165) is 11.3 Å². The van der Waals surface area contributed by atoms with Crippen LogP contribution in [-0.4, -0.2) is 12.2 Å². The monoisotopic (exact) mass is 372 g/mol. The molecule has 2 rings (SSSR count). The van der Waals surface area contributed by atoms with Crippen molar-refractivity contribution in [2.45, 2.75) is 18.9 Å². The molecule has 0 aliphatic carbocycles. The zero-order valence-corrected chi connectivity index (χ0v) is 13.8. The van der Waals surface area contributed by atoms with Gasteiger partial charge in [-0.1, -0.05) is 23.7 Å². The van der Waals surface area contributed by atoms with E-state index >= 15 is 0 Å². The second-order valence-electron chi connectivity index (χ2n) is 4.69. The van der Waals surface area contributed by atoms with Crippen molar-refractivity contribution < 1.29 is 14.2 Å². The van der Waals surface area contributed by atoms with E-state index in [-0.39, 0.29) is 5.56 Å². The van der Waals surface area contributed by atoms with E-state index in [1.54, 1.807) is 7.11 Å². The van der Waals surface area contributed by atoms with Crippen molar-refractivity contribution in [3.05, 3.63) is 62.8 Å². The van der Waals surface area contributed by atoms with Crippen molar-refractivity contribution >= 4 is 27.5 Å². The van der Waals surface area contributed by atoms with Gasteiger partial charge < -0.3 is 9.84 Å². The summed E-state index contributed by atoms with van der Waals surface area (Å²) in [5.41, 5.74) is 1.27. The number of benzene rings is 2. The van der Waals surface area contributed by atoms with Crippen LogP contribution in [0.5, 0.6) is 5.75 Å². The van der Waals surface area contributed by atoms with Gasteiger partial charge in [0.05, 0.1) is 18.2 Å². The van der Waals surface area contributed by atoms with E-state index in [1.165, 1.54) is 12.1 Å². The summed E-state index contributed by atoms with van der Waals surface area (Å²) in [6, 6.07) is 10.3. The second kappa shape index (κ2) is 7.25. The van der Waals surface area contributed by atoms with Gasteiger partial charge in [-0.15, -0.1) is 0 Å². The van der Waals surface area contributed by atoms with Crippen molar-refractivity contribution in [3.8, 4) is 5.75 Å². The smallest absolute Gasteiger partial charge is 0.130 e. The van der Waals surface area contributed by atoms with Crippen molar-refractivity contribution in [1.82, 2.24) is 0 Å². The number of hydrogen-bond acceptors (Lipinski definition) is 2. The van der Waals surface area contributed by atoms with Crippen LogP contribution in [0.2, 0.25) is 5.02 Å². The van der Waals surface area contributed by atoms with E-state index in [9.17, 15) is 9.50 Å². The fourth-order valence-electron chi connectivity index (χ4n) is 2.04. The first kappa shape index (κ1) is 16.3. The Labute approximate surface area is 136 Å². The zero-order valence-electron chi connectivity index (χ0n) is 11.4. The Bertz CT molecular complexity index is 616. The molecule has 0 aliphatic heterocycles. The molecule has 1 unspecified atom stereocenters. The Balaban J connectivity index is 2.04. The molecule has 0 spiro atoms. The average molecular weight is 374 g/mol. The SMILES string of the molecule is COc1ccc(CCC(O)c2cc(Cl)c(Br)cc2F)cc1. The summed E-state index contributed by atoms with van der Waals surface area (Å²) < 4.78 is 19.4. The van der Waals surface area contributed by atoms with Crippen LogP contribution in [0.25, 0.3) is 0 Å². The van der Waals surface area contributed by atoms with Crippen LogP contribution >= 0.6 is 27.5 Å². The first-order valence-corrected chi connectivity index (χ1v) is 7.64. The molecule has 2 nitrogen and oxygen atoms in total. The fraction of sp³-hybridized carbons (Fsp3) is 0.250. The molecule has 0 bridgehead atoms. The molecule has 112 valence electrons. The largest absolute Gasteiger partial charge is 0.497 e.